The number of thiocarbonyl (C=S) groups is 1. The fourth-order valence-electron chi connectivity index (χ4n) is 2.58. The molecule has 25 heavy (non-hydrogen) atoms. The Morgan fingerprint density at radius 1 is 1.08 bits per heavy atom. The first-order chi connectivity index (χ1) is 12.1. The molecule has 126 valence electrons. The maximum absolute atomic E-state index is 12.8. The number of rotatable bonds is 2. The number of hydrogen-bond acceptors (Lipinski definition) is 5. The van der Waals surface area contributed by atoms with Gasteiger partial charge in [0.1, 0.15) is 13.2 Å². The van der Waals surface area contributed by atoms with E-state index in [2.05, 4.69) is 0 Å². The van der Waals surface area contributed by atoms with Crippen molar-refractivity contribution in [1.29, 1.82) is 0 Å². The Morgan fingerprint density at radius 2 is 1.80 bits per heavy atom. The molecule has 0 unspecified atom stereocenters. The largest absolute Gasteiger partial charge is 0.486 e. The van der Waals surface area contributed by atoms with E-state index in [1.54, 1.807) is 24.3 Å². The van der Waals surface area contributed by atoms with Gasteiger partial charge >= 0.3 is 0 Å². The predicted octanol–water partition coefficient (Wildman–Crippen LogP) is 4.52. The van der Waals surface area contributed by atoms with Crippen LogP contribution in [0, 0.1) is 0 Å². The van der Waals surface area contributed by atoms with Gasteiger partial charge in [-0.1, -0.05) is 41.6 Å². The highest BCUT2D eigenvalue weighted by atomic mass is 35.5. The molecule has 2 aromatic rings. The summed E-state index contributed by atoms with van der Waals surface area (Å²) < 4.78 is 11.6. The van der Waals surface area contributed by atoms with E-state index in [1.165, 1.54) is 16.7 Å². The maximum Gasteiger partial charge on any atom is 0.270 e. The van der Waals surface area contributed by atoms with Gasteiger partial charge in [0.2, 0.25) is 0 Å². The number of hydrogen-bond donors (Lipinski definition) is 0. The van der Waals surface area contributed by atoms with Gasteiger partial charge in [-0.15, -0.1) is 0 Å². The number of anilines is 1. The van der Waals surface area contributed by atoms with Crippen molar-refractivity contribution < 1.29 is 14.3 Å². The van der Waals surface area contributed by atoms with Crippen LogP contribution >= 0.6 is 35.6 Å². The molecule has 1 fully saturated rings. The summed E-state index contributed by atoms with van der Waals surface area (Å²) in [6.07, 6.45) is 1.81. The van der Waals surface area contributed by atoms with Crippen LogP contribution in [0.4, 0.5) is 5.69 Å². The fraction of sp³-hybridized carbons (Fsp3) is 0.111. The van der Waals surface area contributed by atoms with Crippen molar-refractivity contribution in [3.8, 4) is 11.5 Å². The molecule has 0 radical (unpaired) electrons. The SMILES string of the molecule is O=C1C(=Cc2ccc3c(c2)OCCO3)SC(=S)N1c1ccc(Cl)cc1. The average Bonchev–Trinajstić information content (AvgIpc) is 2.89. The highest BCUT2D eigenvalue weighted by Gasteiger charge is 2.33. The Bertz CT molecular complexity index is 896. The van der Waals surface area contributed by atoms with E-state index in [0.29, 0.717) is 38.9 Å². The molecular weight excluding hydrogens is 378 g/mol. The van der Waals surface area contributed by atoms with Crippen LogP contribution in [-0.2, 0) is 4.79 Å². The topological polar surface area (TPSA) is 38.8 Å². The van der Waals surface area contributed by atoms with Gasteiger partial charge in [-0.2, -0.15) is 0 Å². The lowest BCUT2D eigenvalue weighted by atomic mass is 10.1. The molecule has 2 aliphatic heterocycles. The summed E-state index contributed by atoms with van der Waals surface area (Å²) in [4.78, 5) is 14.8. The number of carbonyl (C=O) groups is 1. The van der Waals surface area contributed by atoms with Crippen LogP contribution in [0.3, 0.4) is 0 Å². The standard InChI is InChI=1S/C18H12ClNO3S2/c19-12-2-4-13(5-3-12)20-17(21)16(25-18(20)24)10-11-1-6-14-15(9-11)23-8-7-22-14/h1-6,9-10H,7-8H2. The first-order valence-corrected chi connectivity index (χ1v) is 9.15. The minimum atomic E-state index is -0.146. The molecule has 4 rings (SSSR count). The van der Waals surface area contributed by atoms with Crippen molar-refractivity contribution in [1.82, 2.24) is 0 Å². The summed E-state index contributed by atoms with van der Waals surface area (Å²) in [7, 11) is 0. The van der Waals surface area contributed by atoms with Crippen molar-refractivity contribution in [2.45, 2.75) is 0 Å². The van der Waals surface area contributed by atoms with E-state index in [9.17, 15) is 4.79 Å². The molecule has 7 heteroatoms. The minimum absolute atomic E-state index is 0.146. The molecule has 0 aromatic heterocycles. The predicted molar refractivity (Wildman–Crippen MR) is 105 cm³/mol. The van der Waals surface area contributed by atoms with Crippen LogP contribution in [-0.4, -0.2) is 23.4 Å². The monoisotopic (exact) mass is 389 g/mol. The van der Waals surface area contributed by atoms with E-state index in [4.69, 9.17) is 33.3 Å². The zero-order valence-electron chi connectivity index (χ0n) is 12.9. The van der Waals surface area contributed by atoms with Gasteiger partial charge < -0.3 is 9.47 Å². The maximum atomic E-state index is 12.8. The number of thioether (sulfide) groups is 1. The number of carbonyl (C=O) groups excluding carboxylic acids is 1. The van der Waals surface area contributed by atoms with Gasteiger partial charge in [0.15, 0.2) is 15.8 Å². The average molecular weight is 390 g/mol. The first kappa shape index (κ1) is 16.4. The van der Waals surface area contributed by atoms with Crippen molar-refractivity contribution in [2.75, 3.05) is 18.1 Å². The van der Waals surface area contributed by atoms with E-state index in [1.807, 2.05) is 24.3 Å². The molecule has 0 saturated carbocycles. The Kier molecular flexibility index (Phi) is 4.41. The van der Waals surface area contributed by atoms with Gasteiger partial charge in [0, 0.05) is 5.02 Å². The lowest BCUT2D eigenvalue weighted by Crippen LogP contribution is -2.27. The summed E-state index contributed by atoms with van der Waals surface area (Å²) in [6.45, 7) is 1.07. The summed E-state index contributed by atoms with van der Waals surface area (Å²) in [6, 6.07) is 12.6. The highest BCUT2D eigenvalue weighted by Crippen LogP contribution is 2.37. The highest BCUT2D eigenvalue weighted by molar-refractivity contribution is 8.27. The van der Waals surface area contributed by atoms with Gasteiger partial charge in [-0.3, -0.25) is 9.69 Å². The van der Waals surface area contributed by atoms with Crippen molar-refractivity contribution in [2.24, 2.45) is 0 Å². The Balaban J connectivity index is 1.63. The number of benzene rings is 2. The van der Waals surface area contributed by atoms with Crippen LogP contribution in [0.1, 0.15) is 5.56 Å². The quantitative estimate of drug-likeness (QED) is 0.558. The van der Waals surface area contributed by atoms with Crippen LogP contribution < -0.4 is 14.4 Å². The Morgan fingerprint density at radius 3 is 2.56 bits per heavy atom. The van der Waals surface area contributed by atoms with Gasteiger partial charge in [0.25, 0.3) is 5.91 Å². The van der Waals surface area contributed by atoms with E-state index >= 15 is 0 Å². The second kappa shape index (κ2) is 6.71. The normalized spacial score (nSPS) is 18.1. The van der Waals surface area contributed by atoms with Gasteiger partial charge in [-0.25, -0.2) is 0 Å². The zero-order chi connectivity index (χ0) is 17.4. The molecule has 0 spiro atoms. The lowest BCUT2D eigenvalue weighted by molar-refractivity contribution is -0.113. The Hall–Kier alpha value is -2.02. The molecular formula is C18H12ClNO3S2. The molecule has 0 N–H and O–H groups in total. The lowest BCUT2D eigenvalue weighted by Gasteiger charge is -2.18. The van der Waals surface area contributed by atoms with Crippen molar-refractivity contribution in [3.05, 3.63) is 58.0 Å². The van der Waals surface area contributed by atoms with Gasteiger partial charge in [-0.05, 0) is 48.0 Å². The smallest absolute Gasteiger partial charge is 0.270 e. The molecule has 1 amide bonds. The summed E-state index contributed by atoms with van der Waals surface area (Å²) in [5.74, 6) is 1.26. The first-order valence-electron chi connectivity index (χ1n) is 7.55. The summed E-state index contributed by atoms with van der Waals surface area (Å²) in [5, 5.41) is 0.612. The second-order valence-electron chi connectivity index (χ2n) is 5.40. The van der Waals surface area contributed by atoms with Crippen molar-refractivity contribution >= 4 is 57.6 Å². The minimum Gasteiger partial charge on any atom is -0.486 e. The number of halogens is 1. The zero-order valence-corrected chi connectivity index (χ0v) is 15.3. The summed E-state index contributed by atoms with van der Waals surface area (Å²) in [5.41, 5.74) is 1.57. The van der Waals surface area contributed by atoms with Gasteiger partial charge in [0.05, 0.1) is 10.6 Å². The molecule has 0 atom stereocenters. The fourth-order valence-corrected chi connectivity index (χ4v) is 4.01. The number of ether oxygens (including phenoxy) is 2. The third-order valence-electron chi connectivity index (χ3n) is 3.74. The van der Waals surface area contributed by atoms with Crippen LogP contribution in [0.15, 0.2) is 47.4 Å². The van der Waals surface area contributed by atoms with E-state index in [-0.39, 0.29) is 5.91 Å². The third kappa shape index (κ3) is 3.25. The van der Waals surface area contributed by atoms with Crippen molar-refractivity contribution in [3.63, 3.8) is 0 Å². The Labute approximate surface area is 159 Å². The van der Waals surface area contributed by atoms with E-state index in [0.717, 1.165) is 11.3 Å². The molecule has 2 aliphatic rings. The molecule has 2 heterocycles. The number of amides is 1. The molecule has 2 aromatic carbocycles. The van der Waals surface area contributed by atoms with E-state index < -0.39 is 0 Å². The number of fused-ring (bicyclic) bond motifs is 1. The molecule has 0 bridgehead atoms. The summed E-state index contributed by atoms with van der Waals surface area (Å²) >= 11 is 12.6. The molecule has 1 saturated heterocycles. The van der Waals surface area contributed by atoms with Crippen LogP contribution in [0.5, 0.6) is 11.5 Å². The molecule has 0 aliphatic carbocycles. The third-order valence-corrected chi connectivity index (χ3v) is 5.30. The molecule has 4 nitrogen and oxygen atoms in total. The second-order valence-corrected chi connectivity index (χ2v) is 7.51. The van der Waals surface area contributed by atoms with Crippen LogP contribution in [0.25, 0.3) is 6.08 Å². The van der Waals surface area contributed by atoms with Crippen LogP contribution in [0.2, 0.25) is 5.02 Å². The number of nitrogens with zero attached hydrogens (tertiary/aromatic N) is 1.